The average Bonchev–Trinajstić information content (AvgIpc) is 2.41. The Kier molecular flexibility index (Phi) is 4.30. The van der Waals surface area contributed by atoms with Crippen LogP contribution in [0.15, 0.2) is 24.3 Å². The van der Waals surface area contributed by atoms with Crippen molar-refractivity contribution in [2.75, 3.05) is 7.11 Å². The molecule has 0 fully saturated rings. The lowest BCUT2D eigenvalue weighted by Crippen LogP contribution is -2.35. The zero-order valence-corrected chi connectivity index (χ0v) is 15.3. The zero-order valence-electron chi connectivity index (χ0n) is 15.3. The van der Waals surface area contributed by atoms with Gasteiger partial charge in [0.25, 0.3) is 0 Å². The largest absolute Gasteiger partial charge is 0.496 e. The average molecular weight is 298 g/mol. The second-order valence-corrected chi connectivity index (χ2v) is 7.99. The number of methoxy groups -OCH3 is 1. The van der Waals surface area contributed by atoms with Crippen LogP contribution in [0.3, 0.4) is 0 Å². The summed E-state index contributed by atoms with van der Waals surface area (Å²) in [6, 6.07) is 2.27. The first-order valence-corrected chi connectivity index (χ1v) is 8.16. The van der Waals surface area contributed by atoms with Crippen LogP contribution in [0.1, 0.15) is 69.7 Å². The molecule has 0 N–H and O–H groups in total. The van der Waals surface area contributed by atoms with Crippen molar-refractivity contribution in [1.82, 2.24) is 0 Å². The van der Waals surface area contributed by atoms with Gasteiger partial charge in [-0.2, -0.15) is 0 Å². The molecule has 1 aromatic carbocycles. The van der Waals surface area contributed by atoms with Crippen molar-refractivity contribution in [2.24, 2.45) is 0 Å². The molecule has 0 amide bonds. The molecule has 0 aliphatic heterocycles. The summed E-state index contributed by atoms with van der Waals surface area (Å²) in [4.78, 5) is 0. The van der Waals surface area contributed by atoms with E-state index >= 15 is 0 Å². The molecule has 0 saturated heterocycles. The molecule has 1 aliphatic rings. The van der Waals surface area contributed by atoms with Crippen LogP contribution < -0.4 is 4.74 Å². The molecule has 0 unspecified atom stereocenters. The van der Waals surface area contributed by atoms with E-state index < -0.39 is 0 Å². The van der Waals surface area contributed by atoms with Gasteiger partial charge < -0.3 is 4.74 Å². The number of ether oxygens (including phenoxy) is 1. The predicted octanol–water partition coefficient (Wildman–Crippen LogP) is 5.94. The maximum Gasteiger partial charge on any atom is 0.126 e. The molecular weight excluding hydrogens is 268 g/mol. The van der Waals surface area contributed by atoms with Crippen molar-refractivity contribution in [3.05, 3.63) is 46.5 Å². The number of allylic oxidation sites excluding steroid dienone is 2. The minimum Gasteiger partial charge on any atom is -0.496 e. The molecule has 1 heteroatoms. The lowest BCUT2D eigenvalue weighted by Gasteiger charge is -2.43. The van der Waals surface area contributed by atoms with Crippen LogP contribution in [0.25, 0.3) is 6.08 Å². The van der Waals surface area contributed by atoms with Crippen LogP contribution in [0.5, 0.6) is 5.75 Å². The monoisotopic (exact) mass is 298 g/mol. The zero-order chi connectivity index (χ0) is 16.7. The van der Waals surface area contributed by atoms with Crippen LogP contribution in [-0.2, 0) is 10.8 Å². The van der Waals surface area contributed by atoms with Gasteiger partial charge in [0, 0.05) is 5.56 Å². The Bertz CT molecular complexity index is 630. The SMILES string of the molecule is C=C(C)/C=C/c1c(OC)cc2c(c1C)C(C)(C)CCC2(C)C. The van der Waals surface area contributed by atoms with Gasteiger partial charge in [-0.05, 0) is 60.3 Å². The summed E-state index contributed by atoms with van der Waals surface area (Å²) >= 11 is 0. The van der Waals surface area contributed by atoms with Crippen molar-refractivity contribution in [3.63, 3.8) is 0 Å². The van der Waals surface area contributed by atoms with E-state index in [4.69, 9.17) is 4.74 Å². The minimum absolute atomic E-state index is 0.208. The maximum atomic E-state index is 5.71. The number of hydrogen-bond donors (Lipinski definition) is 0. The minimum atomic E-state index is 0.208. The van der Waals surface area contributed by atoms with Crippen LogP contribution in [0.4, 0.5) is 0 Å². The highest BCUT2D eigenvalue weighted by molar-refractivity contribution is 5.68. The molecule has 120 valence electrons. The summed E-state index contributed by atoms with van der Waals surface area (Å²) in [6.07, 6.45) is 6.66. The van der Waals surface area contributed by atoms with E-state index in [1.807, 2.05) is 6.92 Å². The van der Waals surface area contributed by atoms with E-state index in [1.54, 1.807) is 7.11 Å². The van der Waals surface area contributed by atoms with Gasteiger partial charge in [-0.1, -0.05) is 52.0 Å². The van der Waals surface area contributed by atoms with Gasteiger partial charge in [0.1, 0.15) is 5.75 Å². The summed E-state index contributed by atoms with van der Waals surface area (Å²) < 4.78 is 5.71. The number of rotatable bonds is 3. The van der Waals surface area contributed by atoms with Crippen LogP contribution in [0.2, 0.25) is 0 Å². The Morgan fingerprint density at radius 1 is 1.18 bits per heavy atom. The number of fused-ring (bicyclic) bond motifs is 1. The van der Waals surface area contributed by atoms with Crippen LogP contribution in [-0.4, -0.2) is 7.11 Å². The molecule has 1 aromatic rings. The standard InChI is InChI=1S/C21H30O/c1-14(2)9-10-16-15(3)19-17(13-18(16)22-8)20(4,5)11-12-21(19,6)7/h9-10,13H,1,11-12H2,2-8H3/b10-9+. The second-order valence-electron chi connectivity index (χ2n) is 7.99. The molecule has 1 nitrogen and oxygen atoms in total. The van der Waals surface area contributed by atoms with Gasteiger partial charge in [-0.15, -0.1) is 0 Å². The fraction of sp³-hybridized carbons (Fsp3) is 0.524. The third kappa shape index (κ3) is 2.86. The first-order valence-electron chi connectivity index (χ1n) is 8.16. The quantitative estimate of drug-likeness (QED) is 0.627. The fourth-order valence-electron chi connectivity index (χ4n) is 3.69. The topological polar surface area (TPSA) is 9.23 Å². The van der Waals surface area contributed by atoms with E-state index in [-0.39, 0.29) is 10.8 Å². The highest BCUT2D eigenvalue weighted by Gasteiger charge is 2.39. The van der Waals surface area contributed by atoms with E-state index in [0.29, 0.717) is 0 Å². The van der Waals surface area contributed by atoms with Crippen molar-refractivity contribution >= 4 is 6.08 Å². The Labute approximate surface area is 136 Å². The van der Waals surface area contributed by atoms with E-state index in [0.717, 1.165) is 11.3 Å². The maximum absolute atomic E-state index is 5.71. The van der Waals surface area contributed by atoms with Crippen molar-refractivity contribution in [2.45, 2.75) is 65.2 Å². The summed E-state index contributed by atoms with van der Waals surface area (Å²) in [5.41, 5.74) is 6.97. The molecule has 1 aliphatic carbocycles. The number of hydrogen-bond acceptors (Lipinski definition) is 1. The molecule has 0 radical (unpaired) electrons. The van der Waals surface area contributed by atoms with Crippen LogP contribution in [0, 0.1) is 6.92 Å². The number of benzene rings is 1. The Morgan fingerprint density at radius 3 is 2.32 bits per heavy atom. The van der Waals surface area contributed by atoms with E-state index in [9.17, 15) is 0 Å². The van der Waals surface area contributed by atoms with E-state index in [1.165, 1.54) is 35.1 Å². The summed E-state index contributed by atoms with van der Waals surface area (Å²) in [6.45, 7) is 17.7. The first kappa shape index (κ1) is 16.9. The Balaban J connectivity index is 2.77. The Morgan fingerprint density at radius 2 is 1.77 bits per heavy atom. The van der Waals surface area contributed by atoms with Gasteiger partial charge in [0.2, 0.25) is 0 Å². The van der Waals surface area contributed by atoms with Crippen LogP contribution >= 0.6 is 0 Å². The Hall–Kier alpha value is -1.50. The molecule has 0 spiro atoms. The summed E-state index contributed by atoms with van der Waals surface area (Å²) in [5.74, 6) is 0.972. The molecule has 0 bridgehead atoms. The van der Waals surface area contributed by atoms with Gasteiger partial charge in [0.15, 0.2) is 0 Å². The molecule has 0 atom stereocenters. The van der Waals surface area contributed by atoms with Gasteiger partial charge >= 0.3 is 0 Å². The molecule has 0 saturated carbocycles. The smallest absolute Gasteiger partial charge is 0.126 e. The normalized spacial score (nSPS) is 19.0. The lowest BCUT2D eigenvalue weighted by molar-refractivity contribution is 0.327. The van der Waals surface area contributed by atoms with Crippen molar-refractivity contribution in [3.8, 4) is 5.75 Å². The predicted molar refractivity (Wildman–Crippen MR) is 96.9 cm³/mol. The third-order valence-corrected chi connectivity index (χ3v) is 5.12. The van der Waals surface area contributed by atoms with Crippen molar-refractivity contribution in [1.29, 1.82) is 0 Å². The van der Waals surface area contributed by atoms with Gasteiger partial charge in [0.05, 0.1) is 7.11 Å². The van der Waals surface area contributed by atoms with E-state index in [2.05, 4.69) is 59.4 Å². The lowest BCUT2D eigenvalue weighted by atomic mass is 9.61. The second kappa shape index (κ2) is 5.61. The molecule has 0 heterocycles. The summed E-state index contributed by atoms with van der Waals surface area (Å²) in [5, 5.41) is 0. The molecular formula is C21H30O. The third-order valence-electron chi connectivity index (χ3n) is 5.12. The molecule has 0 aromatic heterocycles. The van der Waals surface area contributed by atoms with Gasteiger partial charge in [-0.25, -0.2) is 0 Å². The van der Waals surface area contributed by atoms with Gasteiger partial charge in [-0.3, -0.25) is 0 Å². The highest BCUT2D eigenvalue weighted by atomic mass is 16.5. The molecule has 22 heavy (non-hydrogen) atoms. The highest BCUT2D eigenvalue weighted by Crippen LogP contribution is 2.49. The fourth-order valence-corrected chi connectivity index (χ4v) is 3.69. The summed E-state index contributed by atoms with van der Waals surface area (Å²) in [7, 11) is 1.76. The first-order chi connectivity index (χ1) is 10.1. The van der Waals surface area contributed by atoms with Crippen molar-refractivity contribution < 1.29 is 4.74 Å². The molecule has 2 rings (SSSR count).